The second-order valence-electron chi connectivity index (χ2n) is 6.21. The Labute approximate surface area is 135 Å². The molecule has 3 rings (SSSR count). The number of aliphatic hydroxyl groups excluding tert-OH is 1. The number of fused-ring (bicyclic) bond motifs is 1. The number of hydrogen-bond acceptors (Lipinski definition) is 4. The van der Waals surface area contributed by atoms with Crippen molar-refractivity contribution in [2.24, 2.45) is 5.41 Å². The SMILES string of the molecule is C[C@@H](NC[C@]1(CCO)CCOC1)c1cc2cc(Cl)ccc2o1. The molecule has 22 heavy (non-hydrogen) atoms. The van der Waals surface area contributed by atoms with E-state index < -0.39 is 0 Å². The van der Waals surface area contributed by atoms with Crippen molar-refractivity contribution in [1.29, 1.82) is 0 Å². The number of furan rings is 1. The molecule has 0 saturated carbocycles. The lowest BCUT2D eigenvalue weighted by Gasteiger charge is -2.28. The summed E-state index contributed by atoms with van der Waals surface area (Å²) in [5.41, 5.74) is 0.889. The van der Waals surface area contributed by atoms with Gasteiger partial charge in [0.1, 0.15) is 11.3 Å². The first kappa shape index (κ1) is 15.8. The van der Waals surface area contributed by atoms with E-state index in [-0.39, 0.29) is 18.1 Å². The van der Waals surface area contributed by atoms with Crippen LogP contribution in [0.25, 0.3) is 11.0 Å². The van der Waals surface area contributed by atoms with Crippen molar-refractivity contribution in [3.05, 3.63) is 35.0 Å². The standard InChI is InChI=1S/C17H22ClNO3/c1-12(19-10-17(4-6-20)5-7-21-11-17)16-9-13-8-14(18)2-3-15(13)22-16/h2-3,8-9,12,19-20H,4-7,10-11H2,1H3/t12-,17+/m1/s1. The lowest BCUT2D eigenvalue weighted by Crippen LogP contribution is -2.36. The Morgan fingerprint density at radius 1 is 1.41 bits per heavy atom. The molecule has 2 heterocycles. The number of hydrogen-bond donors (Lipinski definition) is 2. The molecule has 1 aliphatic rings. The normalized spacial score (nSPS) is 23.2. The Kier molecular flexibility index (Phi) is 4.73. The molecule has 120 valence electrons. The van der Waals surface area contributed by atoms with Gasteiger partial charge in [-0.2, -0.15) is 0 Å². The molecule has 0 unspecified atom stereocenters. The highest BCUT2D eigenvalue weighted by molar-refractivity contribution is 6.31. The summed E-state index contributed by atoms with van der Waals surface area (Å²) in [4.78, 5) is 0. The zero-order chi connectivity index (χ0) is 15.6. The number of nitrogens with one attached hydrogen (secondary N) is 1. The van der Waals surface area contributed by atoms with Gasteiger partial charge >= 0.3 is 0 Å². The van der Waals surface area contributed by atoms with Crippen LogP contribution in [0, 0.1) is 5.41 Å². The maximum atomic E-state index is 9.28. The summed E-state index contributed by atoms with van der Waals surface area (Å²) in [6.45, 7) is 4.58. The van der Waals surface area contributed by atoms with Crippen LogP contribution in [0.3, 0.4) is 0 Å². The summed E-state index contributed by atoms with van der Waals surface area (Å²) >= 11 is 6.01. The van der Waals surface area contributed by atoms with Gasteiger partial charge in [0.25, 0.3) is 0 Å². The largest absolute Gasteiger partial charge is 0.459 e. The molecule has 2 N–H and O–H groups in total. The fourth-order valence-corrected chi connectivity index (χ4v) is 3.21. The second kappa shape index (κ2) is 6.59. The minimum atomic E-state index is 0.0400. The first-order valence-electron chi connectivity index (χ1n) is 7.73. The summed E-state index contributed by atoms with van der Waals surface area (Å²) in [6, 6.07) is 7.77. The van der Waals surface area contributed by atoms with Crippen molar-refractivity contribution in [2.75, 3.05) is 26.4 Å². The van der Waals surface area contributed by atoms with E-state index >= 15 is 0 Å². The molecule has 1 saturated heterocycles. The van der Waals surface area contributed by atoms with Crippen LogP contribution >= 0.6 is 11.6 Å². The summed E-state index contributed by atoms with van der Waals surface area (Å²) in [6.07, 6.45) is 1.76. The van der Waals surface area contributed by atoms with Crippen molar-refractivity contribution in [2.45, 2.75) is 25.8 Å². The highest BCUT2D eigenvalue weighted by Gasteiger charge is 2.34. The molecular weight excluding hydrogens is 302 g/mol. The molecule has 1 aromatic carbocycles. The summed E-state index contributed by atoms with van der Waals surface area (Å²) < 4.78 is 11.4. The van der Waals surface area contributed by atoms with Crippen LogP contribution in [0.4, 0.5) is 0 Å². The molecule has 1 aliphatic heterocycles. The van der Waals surface area contributed by atoms with E-state index in [1.54, 1.807) is 0 Å². The maximum absolute atomic E-state index is 9.28. The van der Waals surface area contributed by atoms with Crippen LogP contribution in [0.2, 0.25) is 5.02 Å². The van der Waals surface area contributed by atoms with E-state index in [1.165, 1.54) is 0 Å². The zero-order valence-electron chi connectivity index (χ0n) is 12.8. The smallest absolute Gasteiger partial charge is 0.134 e. The van der Waals surface area contributed by atoms with E-state index in [2.05, 4.69) is 12.2 Å². The highest BCUT2D eigenvalue weighted by Crippen LogP contribution is 2.33. The first-order chi connectivity index (χ1) is 10.6. The molecule has 2 atom stereocenters. The van der Waals surface area contributed by atoms with Crippen LogP contribution < -0.4 is 5.32 Å². The van der Waals surface area contributed by atoms with Gasteiger partial charge in [-0.05, 0) is 44.0 Å². The number of rotatable bonds is 6. The van der Waals surface area contributed by atoms with E-state index in [9.17, 15) is 5.11 Å². The van der Waals surface area contributed by atoms with Gasteiger partial charge in [0.15, 0.2) is 0 Å². The lowest BCUT2D eigenvalue weighted by atomic mass is 9.84. The predicted octanol–water partition coefficient (Wildman–Crippen LogP) is 3.53. The van der Waals surface area contributed by atoms with Gasteiger partial charge in [-0.25, -0.2) is 0 Å². The maximum Gasteiger partial charge on any atom is 0.134 e. The van der Waals surface area contributed by atoms with Crippen molar-refractivity contribution >= 4 is 22.6 Å². The molecule has 4 nitrogen and oxygen atoms in total. The topological polar surface area (TPSA) is 54.6 Å². The summed E-state index contributed by atoms with van der Waals surface area (Å²) in [5, 5.41) is 14.5. The fraction of sp³-hybridized carbons (Fsp3) is 0.529. The van der Waals surface area contributed by atoms with Crippen molar-refractivity contribution in [3.8, 4) is 0 Å². The van der Waals surface area contributed by atoms with Gasteiger partial charge in [-0.3, -0.25) is 0 Å². The van der Waals surface area contributed by atoms with Crippen LogP contribution in [0.1, 0.15) is 31.6 Å². The predicted molar refractivity (Wildman–Crippen MR) is 87.2 cm³/mol. The second-order valence-corrected chi connectivity index (χ2v) is 6.65. The average molecular weight is 324 g/mol. The minimum Gasteiger partial charge on any atom is -0.459 e. The van der Waals surface area contributed by atoms with Crippen LogP contribution in [-0.4, -0.2) is 31.5 Å². The molecule has 0 bridgehead atoms. The number of aliphatic hydroxyl groups is 1. The first-order valence-corrected chi connectivity index (χ1v) is 8.11. The average Bonchev–Trinajstić information content (AvgIpc) is 3.12. The third-order valence-corrected chi connectivity index (χ3v) is 4.77. The van der Waals surface area contributed by atoms with Gasteiger partial charge in [-0.1, -0.05) is 11.6 Å². The fourth-order valence-electron chi connectivity index (χ4n) is 3.03. The molecule has 0 aliphatic carbocycles. The molecule has 2 aromatic rings. The van der Waals surface area contributed by atoms with E-state index in [0.29, 0.717) is 11.6 Å². The van der Waals surface area contributed by atoms with Gasteiger partial charge in [-0.15, -0.1) is 0 Å². The van der Waals surface area contributed by atoms with Crippen molar-refractivity contribution in [3.63, 3.8) is 0 Å². The van der Waals surface area contributed by atoms with Gasteiger partial charge in [0.05, 0.1) is 12.6 Å². The van der Waals surface area contributed by atoms with Crippen molar-refractivity contribution < 1.29 is 14.3 Å². The quantitative estimate of drug-likeness (QED) is 0.854. The number of benzene rings is 1. The Morgan fingerprint density at radius 3 is 3.00 bits per heavy atom. The monoisotopic (exact) mass is 323 g/mol. The highest BCUT2D eigenvalue weighted by atomic mass is 35.5. The van der Waals surface area contributed by atoms with Crippen LogP contribution in [0.15, 0.2) is 28.7 Å². The molecule has 5 heteroatoms. The zero-order valence-corrected chi connectivity index (χ0v) is 13.5. The third-order valence-electron chi connectivity index (χ3n) is 4.53. The summed E-state index contributed by atoms with van der Waals surface area (Å²) in [7, 11) is 0. The van der Waals surface area contributed by atoms with Crippen LogP contribution in [0.5, 0.6) is 0 Å². The molecule has 1 aromatic heterocycles. The lowest BCUT2D eigenvalue weighted by molar-refractivity contribution is 0.122. The Bertz CT molecular complexity index is 634. The molecular formula is C17H22ClNO3. The van der Waals surface area contributed by atoms with E-state index in [1.807, 2.05) is 24.3 Å². The molecule has 1 fully saturated rings. The van der Waals surface area contributed by atoms with Gasteiger partial charge in [0.2, 0.25) is 0 Å². The summed E-state index contributed by atoms with van der Waals surface area (Å²) in [5.74, 6) is 0.898. The molecule has 0 amide bonds. The Hall–Kier alpha value is -1.07. The third kappa shape index (κ3) is 3.30. The molecule has 0 spiro atoms. The van der Waals surface area contributed by atoms with Crippen LogP contribution in [-0.2, 0) is 4.74 Å². The molecule has 0 radical (unpaired) electrons. The van der Waals surface area contributed by atoms with Gasteiger partial charge in [0, 0.05) is 35.6 Å². The number of ether oxygens (including phenoxy) is 1. The van der Waals surface area contributed by atoms with Gasteiger partial charge < -0.3 is 19.6 Å². The Balaban J connectivity index is 1.68. The van der Waals surface area contributed by atoms with E-state index in [0.717, 1.165) is 42.7 Å². The van der Waals surface area contributed by atoms with E-state index in [4.69, 9.17) is 20.8 Å². The number of halogens is 1. The Morgan fingerprint density at radius 2 is 2.27 bits per heavy atom. The van der Waals surface area contributed by atoms with Crippen molar-refractivity contribution in [1.82, 2.24) is 5.32 Å². The minimum absolute atomic E-state index is 0.0400.